The Bertz CT molecular complexity index is 532. The maximum Gasteiger partial charge on any atom is 0.311 e. The van der Waals surface area contributed by atoms with Crippen molar-refractivity contribution in [1.29, 1.82) is 5.41 Å². The molecule has 0 heterocycles. The Labute approximate surface area is 122 Å². The van der Waals surface area contributed by atoms with Crippen molar-refractivity contribution in [1.82, 2.24) is 0 Å². The maximum absolute atomic E-state index is 13.1. The van der Waals surface area contributed by atoms with Gasteiger partial charge in [-0.25, -0.2) is 4.39 Å². The molecule has 0 saturated carbocycles. The highest BCUT2D eigenvalue weighted by molar-refractivity contribution is 5.82. The summed E-state index contributed by atoms with van der Waals surface area (Å²) in [5, 5.41) is 18.2. The van der Waals surface area contributed by atoms with E-state index in [4.69, 9.17) is 15.9 Å². The predicted octanol–water partition coefficient (Wildman–Crippen LogP) is 3.25. The summed E-state index contributed by atoms with van der Waals surface area (Å²) in [6, 6.07) is 3.13. The van der Waals surface area contributed by atoms with E-state index >= 15 is 0 Å². The molecule has 6 nitrogen and oxygen atoms in total. The van der Waals surface area contributed by atoms with Gasteiger partial charge in [0.15, 0.2) is 5.75 Å². The Morgan fingerprint density at radius 3 is 2.71 bits per heavy atom. The van der Waals surface area contributed by atoms with Crippen LogP contribution in [0.3, 0.4) is 0 Å². The Kier molecular flexibility index (Phi) is 5.63. The number of hydrogen-bond acceptors (Lipinski definition) is 4. The maximum atomic E-state index is 13.1. The van der Waals surface area contributed by atoms with Crippen molar-refractivity contribution in [3.05, 3.63) is 34.1 Å². The van der Waals surface area contributed by atoms with Crippen LogP contribution in [0.15, 0.2) is 18.2 Å². The number of rotatable bonds is 8. The van der Waals surface area contributed by atoms with Crippen molar-refractivity contribution in [2.24, 2.45) is 11.1 Å². The lowest BCUT2D eigenvalue weighted by Crippen LogP contribution is -2.30. The minimum atomic E-state index is -0.604. The Hall–Kier alpha value is -2.18. The van der Waals surface area contributed by atoms with Gasteiger partial charge in [-0.05, 0) is 25.3 Å². The summed E-state index contributed by atoms with van der Waals surface area (Å²) in [6.45, 7) is 4.01. The zero-order valence-electron chi connectivity index (χ0n) is 12.2. The van der Waals surface area contributed by atoms with Gasteiger partial charge in [-0.3, -0.25) is 15.5 Å². The molecule has 0 aromatic heterocycles. The quantitative estimate of drug-likeness (QED) is 0.253. The highest BCUT2D eigenvalue weighted by Crippen LogP contribution is 2.28. The molecular weight excluding hydrogens is 277 g/mol. The fourth-order valence-corrected chi connectivity index (χ4v) is 1.74. The third kappa shape index (κ3) is 5.02. The molecule has 1 rings (SSSR count). The summed E-state index contributed by atoms with van der Waals surface area (Å²) in [5.41, 5.74) is 4.86. The third-order valence-corrected chi connectivity index (χ3v) is 3.30. The summed E-state index contributed by atoms with van der Waals surface area (Å²) in [6.07, 6.45) is 2.12. The van der Waals surface area contributed by atoms with Crippen LogP contribution < -0.4 is 10.5 Å². The molecule has 0 spiro atoms. The number of nitro benzene ring substituents is 1. The number of nitro groups is 1. The standard InChI is InChI=1S/C14H20FN3O3/c1-14(2,13(16)17)7-3-4-8-21-12-9-10(15)5-6-11(12)18(19)20/h5-6,9H,3-4,7-8H2,1-2H3,(H3,16,17). The van der Waals surface area contributed by atoms with Crippen LogP contribution in [0.25, 0.3) is 0 Å². The molecule has 21 heavy (non-hydrogen) atoms. The van der Waals surface area contributed by atoms with E-state index in [1.165, 1.54) is 0 Å². The van der Waals surface area contributed by atoms with E-state index in [1.54, 1.807) is 0 Å². The van der Waals surface area contributed by atoms with Gasteiger partial charge in [-0.15, -0.1) is 0 Å². The van der Waals surface area contributed by atoms with Crippen LogP contribution in [0, 0.1) is 26.8 Å². The molecular formula is C14H20FN3O3. The van der Waals surface area contributed by atoms with Gasteiger partial charge in [0.05, 0.1) is 17.4 Å². The van der Waals surface area contributed by atoms with Crippen LogP contribution in [0.1, 0.15) is 33.1 Å². The second-order valence-corrected chi connectivity index (χ2v) is 5.47. The number of amidine groups is 1. The topological polar surface area (TPSA) is 102 Å². The summed E-state index contributed by atoms with van der Waals surface area (Å²) < 4.78 is 18.4. The van der Waals surface area contributed by atoms with Crippen LogP contribution in [0.5, 0.6) is 5.75 Å². The lowest BCUT2D eigenvalue weighted by atomic mass is 9.86. The van der Waals surface area contributed by atoms with Gasteiger partial charge in [0.1, 0.15) is 5.82 Å². The molecule has 0 aliphatic heterocycles. The number of ether oxygens (including phenoxy) is 1. The SMILES string of the molecule is CC(C)(CCCCOc1cc(F)ccc1[N+](=O)[O-])C(=N)N. The summed E-state index contributed by atoms with van der Waals surface area (Å²) >= 11 is 0. The van der Waals surface area contributed by atoms with Crippen LogP contribution in [-0.2, 0) is 0 Å². The van der Waals surface area contributed by atoms with Crippen molar-refractivity contribution in [3.63, 3.8) is 0 Å². The summed E-state index contributed by atoms with van der Waals surface area (Å²) in [5.74, 6) is -0.511. The largest absolute Gasteiger partial charge is 0.487 e. The molecule has 0 radical (unpaired) electrons. The molecule has 0 bridgehead atoms. The second kappa shape index (κ2) is 7.01. The molecule has 1 aromatic rings. The molecule has 0 fully saturated rings. The van der Waals surface area contributed by atoms with Gasteiger partial charge < -0.3 is 10.5 Å². The van der Waals surface area contributed by atoms with Crippen molar-refractivity contribution < 1.29 is 14.1 Å². The molecule has 7 heteroatoms. The summed E-state index contributed by atoms with van der Waals surface area (Å²) in [7, 11) is 0. The van der Waals surface area contributed by atoms with E-state index < -0.39 is 10.7 Å². The monoisotopic (exact) mass is 297 g/mol. The van der Waals surface area contributed by atoms with Gasteiger partial charge in [-0.1, -0.05) is 13.8 Å². The molecule has 0 amide bonds. The fourth-order valence-electron chi connectivity index (χ4n) is 1.74. The third-order valence-electron chi connectivity index (χ3n) is 3.30. The minimum absolute atomic E-state index is 0.0640. The van der Waals surface area contributed by atoms with Crippen LogP contribution in [0.2, 0.25) is 0 Å². The zero-order valence-corrected chi connectivity index (χ0v) is 12.2. The van der Waals surface area contributed by atoms with Gasteiger partial charge in [0, 0.05) is 17.5 Å². The smallest absolute Gasteiger partial charge is 0.311 e. The molecule has 0 aliphatic rings. The number of unbranched alkanes of at least 4 members (excludes halogenated alkanes) is 1. The molecule has 0 atom stereocenters. The van der Waals surface area contributed by atoms with Gasteiger partial charge in [-0.2, -0.15) is 0 Å². The average molecular weight is 297 g/mol. The molecule has 0 saturated heterocycles. The number of nitrogens with one attached hydrogen (secondary N) is 1. The summed E-state index contributed by atoms with van der Waals surface area (Å²) in [4.78, 5) is 10.2. The molecule has 0 aliphatic carbocycles. The van der Waals surface area contributed by atoms with E-state index in [1.807, 2.05) is 13.8 Å². The van der Waals surface area contributed by atoms with Crippen LogP contribution in [0.4, 0.5) is 10.1 Å². The van der Waals surface area contributed by atoms with Crippen LogP contribution in [-0.4, -0.2) is 17.4 Å². The Morgan fingerprint density at radius 2 is 2.14 bits per heavy atom. The highest BCUT2D eigenvalue weighted by Gasteiger charge is 2.21. The van der Waals surface area contributed by atoms with Gasteiger partial charge in [0.25, 0.3) is 0 Å². The van der Waals surface area contributed by atoms with Crippen LogP contribution >= 0.6 is 0 Å². The van der Waals surface area contributed by atoms with Crippen molar-refractivity contribution >= 4 is 11.5 Å². The number of halogens is 1. The molecule has 1 aromatic carbocycles. The zero-order chi connectivity index (χ0) is 16.0. The fraction of sp³-hybridized carbons (Fsp3) is 0.500. The van der Waals surface area contributed by atoms with E-state index in [0.29, 0.717) is 6.42 Å². The van der Waals surface area contributed by atoms with E-state index in [2.05, 4.69) is 0 Å². The molecule has 116 valence electrons. The molecule has 3 N–H and O–H groups in total. The normalized spacial score (nSPS) is 11.2. The number of hydrogen-bond donors (Lipinski definition) is 2. The first-order valence-electron chi connectivity index (χ1n) is 6.65. The van der Waals surface area contributed by atoms with Gasteiger partial charge >= 0.3 is 5.69 Å². The number of benzene rings is 1. The number of nitrogens with zero attached hydrogens (tertiary/aromatic N) is 1. The van der Waals surface area contributed by atoms with Gasteiger partial charge in [0.2, 0.25) is 0 Å². The Morgan fingerprint density at radius 1 is 1.48 bits per heavy atom. The Balaban J connectivity index is 2.48. The number of nitrogens with two attached hydrogens (primary N) is 1. The first kappa shape index (κ1) is 16.9. The van der Waals surface area contributed by atoms with Crippen molar-refractivity contribution in [2.75, 3.05) is 6.61 Å². The lowest BCUT2D eigenvalue weighted by Gasteiger charge is -2.22. The second-order valence-electron chi connectivity index (χ2n) is 5.47. The van der Waals surface area contributed by atoms with Crippen molar-refractivity contribution in [2.45, 2.75) is 33.1 Å². The van der Waals surface area contributed by atoms with E-state index in [-0.39, 0.29) is 29.3 Å². The minimum Gasteiger partial charge on any atom is -0.487 e. The van der Waals surface area contributed by atoms with Crippen molar-refractivity contribution in [3.8, 4) is 5.75 Å². The first-order chi connectivity index (χ1) is 9.74. The first-order valence-corrected chi connectivity index (χ1v) is 6.65. The van der Waals surface area contributed by atoms with E-state index in [0.717, 1.165) is 31.0 Å². The van der Waals surface area contributed by atoms with E-state index in [9.17, 15) is 14.5 Å². The molecule has 0 unspecified atom stereocenters. The highest BCUT2D eigenvalue weighted by atomic mass is 19.1. The lowest BCUT2D eigenvalue weighted by molar-refractivity contribution is -0.385. The predicted molar refractivity (Wildman–Crippen MR) is 78.1 cm³/mol. The average Bonchev–Trinajstić information content (AvgIpc) is 2.37.